The molecular weight excluding hydrogens is 220 g/mol. The summed E-state index contributed by atoms with van der Waals surface area (Å²) < 4.78 is 7.85. The van der Waals surface area contributed by atoms with Gasteiger partial charge in [-0.25, -0.2) is 4.79 Å². The molecule has 0 unspecified atom stereocenters. The average Bonchev–Trinajstić information content (AvgIpc) is 2.72. The number of esters is 1. The van der Waals surface area contributed by atoms with Crippen molar-refractivity contribution in [2.45, 2.75) is 0 Å². The first-order chi connectivity index (χ1) is 8.10. The normalized spacial score (nSPS) is 10.2. The first-order valence-electron chi connectivity index (χ1n) is 4.84. The van der Waals surface area contributed by atoms with Crippen LogP contribution in [0.5, 0.6) is 0 Å². The summed E-state index contributed by atoms with van der Waals surface area (Å²) in [6.45, 7) is 0. The van der Waals surface area contributed by atoms with Crippen LogP contribution >= 0.6 is 0 Å². The molecule has 2 aromatic rings. The Kier molecular flexibility index (Phi) is 2.44. The summed E-state index contributed by atoms with van der Waals surface area (Å²) in [6, 6.07) is 3.27. The molecule has 0 saturated heterocycles. The van der Waals surface area contributed by atoms with Gasteiger partial charge in [0.05, 0.1) is 12.7 Å². The molecule has 0 bridgehead atoms. The summed E-state index contributed by atoms with van der Waals surface area (Å²) in [4.78, 5) is 11.6. The molecule has 0 saturated carbocycles. The van der Waals surface area contributed by atoms with E-state index in [1.807, 2.05) is 6.07 Å². The minimum absolute atomic E-state index is 0.0516. The molecule has 0 spiro atoms. The van der Waals surface area contributed by atoms with Gasteiger partial charge in [0.2, 0.25) is 0 Å². The quantitative estimate of drug-likeness (QED) is 0.720. The molecule has 6 heteroatoms. The van der Waals surface area contributed by atoms with Crippen molar-refractivity contribution in [1.29, 1.82) is 10.7 Å². The molecular formula is C11H10N4O2. The summed E-state index contributed by atoms with van der Waals surface area (Å²) in [5.41, 5.74) is 0.984. The zero-order valence-corrected chi connectivity index (χ0v) is 9.39. The first kappa shape index (κ1) is 11.0. The van der Waals surface area contributed by atoms with E-state index in [9.17, 15) is 4.79 Å². The molecule has 2 aromatic heterocycles. The molecule has 6 nitrogen and oxygen atoms in total. The van der Waals surface area contributed by atoms with Gasteiger partial charge in [-0.2, -0.15) is 5.26 Å². The van der Waals surface area contributed by atoms with E-state index in [0.29, 0.717) is 5.65 Å². The zero-order valence-electron chi connectivity index (χ0n) is 9.39. The minimum Gasteiger partial charge on any atom is -0.465 e. The fourth-order valence-corrected chi connectivity index (χ4v) is 1.73. The van der Waals surface area contributed by atoms with Crippen LogP contribution in [0.2, 0.25) is 0 Å². The maximum atomic E-state index is 11.6. The van der Waals surface area contributed by atoms with E-state index in [4.69, 9.17) is 10.7 Å². The number of nitrogens with zero attached hydrogens (tertiary/aromatic N) is 3. The molecule has 0 aliphatic rings. The number of carbonyl (C=O) groups excluding carboxylic acids is 1. The Hall–Kier alpha value is -2.55. The Morgan fingerprint density at radius 3 is 2.82 bits per heavy atom. The van der Waals surface area contributed by atoms with E-state index in [0.717, 1.165) is 0 Å². The van der Waals surface area contributed by atoms with E-state index in [-0.39, 0.29) is 16.6 Å². The van der Waals surface area contributed by atoms with Crippen molar-refractivity contribution in [2.24, 2.45) is 7.05 Å². The molecule has 2 heterocycles. The van der Waals surface area contributed by atoms with Crippen LogP contribution in [0.3, 0.4) is 0 Å². The largest absolute Gasteiger partial charge is 0.465 e. The second-order valence-electron chi connectivity index (χ2n) is 3.53. The van der Waals surface area contributed by atoms with Crippen LogP contribution in [0.25, 0.3) is 5.65 Å². The SMILES string of the molecule is COC(=O)c1cc(C#N)c(=N)n2ccn(C)c12. The number of nitrogens with one attached hydrogen (secondary N) is 1. The topological polar surface area (TPSA) is 83.3 Å². The number of aromatic nitrogens is 2. The zero-order chi connectivity index (χ0) is 12.6. The van der Waals surface area contributed by atoms with Crippen molar-refractivity contribution in [3.8, 4) is 6.07 Å². The Balaban J connectivity index is 2.97. The lowest BCUT2D eigenvalue weighted by atomic mass is 10.2. The Morgan fingerprint density at radius 2 is 2.24 bits per heavy atom. The summed E-state index contributed by atoms with van der Waals surface area (Å²) >= 11 is 0. The molecule has 0 aromatic carbocycles. The highest BCUT2D eigenvalue weighted by Gasteiger charge is 2.16. The molecule has 0 aliphatic heterocycles. The van der Waals surface area contributed by atoms with Gasteiger partial charge in [-0.1, -0.05) is 0 Å². The number of carbonyl (C=O) groups is 1. The molecule has 0 fully saturated rings. The Morgan fingerprint density at radius 1 is 1.53 bits per heavy atom. The highest BCUT2D eigenvalue weighted by atomic mass is 16.5. The van der Waals surface area contributed by atoms with Crippen LogP contribution in [-0.4, -0.2) is 22.0 Å². The summed E-state index contributed by atoms with van der Waals surface area (Å²) in [7, 11) is 3.04. The van der Waals surface area contributed by atoms with E-state index in [1.54, 1.807) is 24.0 Å². The van der Waals surface area contributed by atoms with E-state index in [1.165, 1.54) is 17.6 Å². The van der Waals surface area contributed by atoms with Gasteiger partial charge in [0.1, 0.15) is 22.8 Å². The molecule has 86 valence electrons. The number of hydrogen-bond acceptors (Lipinski definition) is 4. The predicted molar refractivity (Wildman–Crippen MR) is 58.3 cm³/mol. The molecule has 1 N–H and O–H groups in total. The van der Waals surface area contributed by atoms with Crippen molar-refractivity contribution in [3.63, 3.8) is 0 Å². The second-order valence-corrected chi connectivity index (χ2v) is 3.53. The summed E-state index contributed by atoms with van der Waals surface area (Å²) in [5.74, 6) is -0.527. The molecule has 17 heavy (non-hydrogen) atoms. The molecule has 2 rings (SSSR count). The predicted octanol–water partition coefficient (Wildman–Crippen LogP) is 0.416. The van der Waals surface area contributed by atoms with Crippen LogP contribution in [-0.2, 0) is 11.8 Å². The number of imidazole rings is 1. The average molecular weight is 230 g/mol. The fourth-order valence-electron chi connectivity index (χ4n) is 1.73. The molecule has 0 amide bonds. The third-order valence-electron chi connectivity index (χ3n) is 2.55. The molecule has 0 radical (unpaired) electrons. The van der Waals surface area contributed by atoms with E-state index in [2.05, 4.69) is 4.74 Å². The van der Waals surface area contributed by atoms with Gasteiger partial charge in [0.15, 0.2) is 0 Å². The van der Waals surface area contributed by atoms with Crippen molar-refractivity contribution in [2.75, 3.05) is 7.11 Å². The van der Waals surface area contributed by atoms with Gasteiger partial charge in [0, 0.05) is 19.4 Å². The van der Waals surface area contributed by atoms with Gasteiger partial charge in [-0.05, 0) is 6.07 Å². The van der Waals surface area contributed by atoms with Gasteiger partial charge in [-0.3, -0.25) is 9.81 Å². The lowest BCUT2D eigenvalue weighted by Crippen LogP contribution is -2.20. The van der Waals surface area contributed by atoms with Crippen LogP contribution in [0.1, 0.15) is 15.9 Å². The molecule has 0 aliphatic carbocycles. The maximum absolute atomic E-state index is 11.6. The monoisotopic (exact) mass is 230 g/mol. The number of hydrogen-bond donors (Lipinski definition) is 1. The minimum atomic E-state index is -0.527. The van der Waals surface area contributed by atoms with E-state index < -0.39 is 5.97 Å². The number of methoxy groups -OCH3 is 1. The number of nitriles is 1. The number of rotatable bonds is 1. The summed E-state index contributed by atoms with van der Waals surface area (Å²) in [6.07, 6.45) is 3.34. The highest BCUT2D eigenvalue weighted by molar-refractivity contribution is 5.96. The van der Waals surface area contributed by atoms with Crippen LogP contribution in [0.15, 0.2) is 18.5 Å². The number of fused-ring (bicyclic) bond motifs is 1. The lowest BCUT2D eigenvalue weighted by molar-refractivity contribution is 0.0602. The Bertz CT molecular complexity index is 703. The lowest BCUT2D eigenvalue weighted by Gasteiger charge is -2.06. The third-order valence-corrected chi connectivity index (χ3v) is 2.55. The first-order valence-corrected chi connectivity index (χ1v) is 4.84. The second kappa shape index (κ2) is 3.79. The number of pyridine rings is 1. The fraction of sp³-hybridized carbons (Fsp3) is 0.182. The van der Waals surface area contributed by atoms with Crippen molar-refractivity contribution >= 4 is 11.6 Å². The Labute approximate surface area is 96.8 Å². The maximum Gasteiger partial charge on any atom is 0.341 e. The number of ether oxygens (including phenoxy) is 1. The van der Waals surface area contributed by atoms with Crippen LogP contribution in [0.4, 0.5) is 0 Å². The van der Waals surface area contributed by atoms with Crippen LogP contribution < -0.4 is 5.49 Å². The van der Waals surface area contributed by atoms with Crippen molar-refractivity contribution in [3.05, 3.63) is 35.1 Å². The van der Waals surface area contributed by atoms with Crippen molar-refractivity contribution < 1.29 is 9.53 Å². The highest BCUT2D eigenvalue weighted by Crippen LogP contribution is 2.12. The smallest absolute Gasteiger partial charge is 0.341 e. The van der Waals surface area contributed by atoms with Gasteiger partial charge < -0.3 is 9.30 Å². The number of aryl methyl sites for hydroxylation is 1. The van der Waals surface area contributed by atoms with Gasteiger partial charge in [0.25, 0.3) is 0 Å². The van der Waals surface area contributed by atoms with Crippen LogP contribution in [0, 0.1) is 16.7 Å². The van der Waals surface area contributed by atoms with Crippen molar-refractivity contribution in [1.82, 2.24) is 8.97 Å². The van der Waals surface area contributed by atoms with E-state index >= 15 is 0 Å². The van der Waals surface area contributed by atoms with Gasteiger partial charge >= 0.3 is 5.97 Å². The third kappa shape index (κ3) is 1.49. The summed E-state index contributed by atoms with van der Waals surface area (Å²) in [5, 5.41) is 16.7. The standard InChI is InChI=1S/C11H10N4O2/c1-14-3-4-15-9(13)7(6-12)5-8(10(14)15)11(16)17-2/h3-5,13H,1-2H3. The van der Waals surface area contributed by atoms with Gasteiger partial charge in [-0.15, -0.1) is 0 Å². The molecule has 0 atom stereocenters.